The molecule has 0 fully saturated rings. The summed E-state index contributed by atoms with van der Waals surface area (Å²) in [6.45, 7) is 2.79. The Hall–Kier alpha value is -2.64. The zero-order chi connectivity index (χ0) is 17.3. The van der Waals surface area contributed by atoms with Gasteiger partial charge in [-0.2, -0.15) is 4.98 Å². The fraction of sp³-hybridized carbons (Fsp3) is 0.438. The quantitative estimate of drug-likeness (QED) is 0.899. The molecule has 8 heteroatoms. The molecule has 24 heavy (non-hydrogen) atoms. The van der Waals surface area contributed by atoms with Gasteiger partial charge in [-0.25, -0.2) is 9.18 Å². The molecule has 1 aromatic heterocycles. The maximum atomic E-state index is 13.3. The number of fused-ring (bicyclic) bond motifs is 1. The summed E-state index contributed by atoms with van der Waals surface area (Å²) in [6.07, 6.45) is 0.651. The Morgan fingerprint density at radius 2 is 2.29 bits per heavy atom. The molecule has 1 aliphatic rings. The average molecular weight is 332 g/mol. The third-order valence-electron chi connectivity index (χ3n) is 4.23. The van der Waals surface area contributed by atoms with Crippen LogP contribution in [0.2, 0.25) is 0 Å². The molecule has 2 N–H and O–H groups in total. The van der Waals surface area contributed by atoms with Crippen LogP contribution in [-0.2, 0) is 13.0 Å². The van der Waals surface area contributed by atoms with Crippen molar-refractivity contribution in [1.29, 1.82) is 0 Å². The van der Waals surface area contributed by atoms with E-state index in [-0.39, 0.29) is 24.4 Å². The highest BCUT2D eigenvalue weighted by molar-refractivity contribution is 5.75. The van der Waals surface area contributed by atoms with Gasteiger partial charge in [-0.05, 0) is 36.6 Å². The number of H-pyrrole nitrogens is 1. The summed E-state index contributed by atoms with van der Waals surface area (Å²) in [7, 11) is 3.70. The van der Waals surface area contributed by atoms with Crippen molar-refractivity contribution in [1.82, 2.24) is 25.4 Å². The number of carbonyl (C=O) groups excluding carboxylic acids is 1. The van der Waals surface area contributed by atoms with Crippen LogP contribution in [0.1, 0.15) is 29.9 Å². The molecule has 1 aromatic carbocycles. The highest BCUT2D eigenvalue weighted by atomic mass is 19.1. The molecule has 0 saturated carbocycles. The van der Waals surface area contributed by atoms with Gasteiger partial charge in [0.2, 0.25) is 5.95 Å². The van der Waals surface area contributed by atoms with Gasteiger partial charge in [0.05, 0.1) is 12.6 Å². The van der Waals surface area contributed by atoms with Gasteiger partial charge in [-0.15, -0.1) is 5.10 Å². The third kappa shape index (κ3) is 3.17. The smallest absolute Gasteiger partial charge is 0.318 e. The van der Waals surface area contributed by atoms with Gasteiger partial charge in [0.25, 0.3) is 0 Å². The second-order valence-electron chi connectivity index (χ2n) is 6.10. The number of hydrogen-bond donors (Lipinski definition) is 2. The van der Waals surface area contributed by atoms with Crippen LogP contribution in [0.25, 0.3) is 0 Å². The van der Waals surface area contributed by atoms with Crippen LogP contribution in [0.3, 0.4) is 0 Å². The first kappa shape index (κ1) is 16.2. The number of anilines is 1. The van der Waals surface area contributed by atoms with Crippen molar-refractivity contribution >= 4 is 12.0 Å². The summed E-state index contributed by atoms with van der Waals surface area (Å²) in [5, 5.41) is 9.70. The van der Waals surface area contributed by atoms with Crippen LogP contribution < -0.4 is 10.2 Å². The van der Waals surface area contributed by atoms with Gasteiger partial charge in [-0.3, -0.25) is 5.10 Å². The minimum atomic E-state index is -0.235. The van der Waals surface area contributed by atoms with E-state index in [9.17, 15) is 9.18 Å². The zero-order valence-corrected chi connectivity index (χ0v) is 14.0. The van der Waals surface area contributed by atoms with Crippen LogP contribution in [-0.4, -0.2) is 46.8 Å². The van der Waals surface area contributed by atoms with Gasteiger partial charge in [0.1, 0.15) is 11.6 Å². The standard InChI is InChI=1S/C16H21FN6O/c1-10-13-5-4-12(17)8-11(13)6-7-23(10)16(24)18-9-14-19-15(21-20-14)22(2)3/h4-5,8,10H,6-7,9H2,1-3H3,(H,18,24)(H,19,20,21). The first-order chi connectivity index (χ1) is 11.5. The van der Waals surface area contributed by atoms with E-state index in [2.05, 4.69) is 20.5 Å². The monoisotopic (exact) mass is 332 g/mol. The number of benzene rings is 1. The van der Waals surface area contributed by atoms with Crippen molar-refractivity contribution in [3.8, 4) is 0 Å². The van der Waals surface area contributed by atoms with E-state index in [4.69, 9.17) is 0 Å². The van der Waals surface area contributed by atoms with Crippen LogP contribution >= 0.6 is 0 Å². The Bertz CT molecular complexity index is 744. The summed E-state index contributed by atoms with van der Waals surface area (Å²) < 4.78 is 13.3. The molecular formula is C16H21FN6O. The molecule has 1 unspecified atom stereocenters. The summed E-state index contributed by atoms with van der Waals surface area (Å²) >= 11 is 0. The third-order valence-corrected chi connectivity index (χ3v) is 4.23. The average Bonchev–Trinajstić information content (AvgIpc) is 3.02. The lowest BCUT2D eigenvalue weighted by atomic mass is 9.94. The Morgan fingerprint density at radius 1 is 1.50 bits per heavy atom. The molecule has 2 heterocycles. The molecule has 7 nitrogen and oxygen atoms in total. The molecule has 1 atom stereocenters. The maximum Gasteiger partial charge on any atom is 0.318 e. The van der Waals surface area contributed by atoms with Crippen molar-refractivity contribution in [2.75, 3.05) is 25.5 Å². The molecule has 1 aliphatic heterocycles. The fourth-order valence-corrected chi connectivity index (χ4v) is 2.90. The van der Waals surface area contributed by atoms with Crippen molar-refractivity contribution in [2.24, 2.45) is 0 Å². The SMILES string of the molecule is CC1c2ccc(F)cc2CCN1C(=O)NCc1nc(N(C)C)n[nH]1. The number of nitrogens with one attached hydrogen (secondary N) is 2. The predicted octanol–water partition coefficient (Wildman–Crippen LogP) is 1.84. The van der Waals surface area contributed by atoms with Crippen LogP contribution in [0.15, 0.2) is 18.2 Å². The molecule has 0 bridgehead atoms. The zero-order valence-electron chi connectivity index (χ0n) is 14.0. The topological polar surface area (TPSA) is 77.2 Å². The number of amides is 2. The number of urea groups is 1. The number of halogens is 1. The van der Waals surface area contributed by atoms with Gasteiger partial charge in [-0.1, -0.05) is 6.07 Å². The molecule has 0 saturated heterocycles. The van der Waals surface area contributed by atoms with E-state index in [0.29, 0.717) is 24.7 Å². The number of carbonyl (C=O) groups is 1. The molecule has 0 spiro atoms. The van der Waals surface area contributed by atoms with Crippen LogP contribution in [0.5, 0.6) is 0 Å². The number of aromatic nitrogens is 3. The summed E-state index contributed by atoms with van der Waals surface area (Å²) in [5.41, 5.74) is 1.96. The predicted molar refractivity (Wildman–Crippen MR) is 88.2 cm³/mol. The Labute approximate surface area is 139 Å². The van der Waals surface area contributed by atoms with E-state index in [0.717, 1.165) is 11.1 Å². The Kier molecular flexibility index (Phi) is 4.37. The Morgan fingerprint density at radius 3 is 3.00 bits per heavy atom. The van der Waals surface area contributed by atoms with Gasteiger partial charge in [0.15, 0.2) is 0 Å². The van der Waals surface area contributed by atoms with E-state index >= 15 is 0 Å². The minimum absolute atomic E-state index is 0.0959. The van der Waals surface area contributed by atoms with Gasteiger partial charge < -0.3 is 15.1 Å². The first-order valence-corrected chi connectivity index (χ1v) is 7.87. The second kappa shape index (κ2) is 6.46. The maximum absolute atomic E-state index is 13.3. The summed E-state index contributed by atoms with van der Waals surface area (Å²) in [4.78, 5) is 20.3. The molecule has 128 valence electrons. The molecule has 0 radical (unpaired) electrons. The summed E-state index contributed by atoms with van der Waals surface area (Å²) in [5.74, 6) is 0.932. The normalized spacial score (nSPS) is 16.7. The van der Waals surface area contributed by atoms with Gasteiger partial charge in [0, 0.05) is 20.6 Å². The van der Waals surface area contributed by atoms with Gasteiger partial charge >= 0.3 is 6.03 Å². The van der Waals surface area contributed by atoms with Crippen molar-refractivity contribution in [3.63, 3.8) is 0 Å². The lowest BCUT2D eigenvalue weighted by molar-refractivity contribution is 0.174. The van der Waals surface area contributed by atoms with E-state index in [1.807, 2.05) is 21.0 Å². The van der Waals surface area contributed by atoms with E-state index < -0.39 is 0 Å². The van der Waals surface area contributed by atoms with Crippen LogP contribution in [0.4, 0.5) is 15.1 Å². The van der Waals surface area contributed by atoms with E-state index in [1.54, 1.807) is 21.9 Å². The van der Waals surface area contributed by atoms with Crippen LogP contribution in [0, 0.1) is 5.82 Å². The molecule has 2 amide bonds. The highest BCUT2D eigenvalue weighted by Gasteiger charge is 2.27. The largest absolute Gasteiger partial charge is 0.346 e. The molecule has 2 aromatic rings. The number of nitrogens with zero attached hydrogens (tertiary/aromatic N) is 4. The first-order valence-electron chi connectivity index (χ1n) is 7.87. The van der Waals surface area contributed by atoms with Crippen molar-refractivity contribution < 1.29 is 9.18 Å². The molecule has 3 rings (SSSR count). The Balaban J connectivity index is 1.64. The fourth-order valence-electron chi connectivity index (χ4n) is 2.90. The minimum Gasteiger partial charge on any atom is -0.346 e. The number of aromatic amines is 1. The van der Waals surface area contributed by atoms with E-state index in [1.165, 1.54) is 6.07 Å². The number of rotatable bonds is 3. The van der Waals surface area contributed by atoms with Crippen molar-refractivity contribution in [2.45, 2.75) is 25.9 Å². The summed E-state index contributed by atoms with van der Waals surface area (Å²) in [6, 6.07) is 4.49. The lowest BCUT2D eigenvalue weighted by Gasteiger charge is -2.35. The molecule has 0 aliphatic carbocycles. The van der Waals surface area contributed by atoms with Crippen molar-refractivity contribution in [3.05, 3.63) is 41.0 Å². The number of hydrogen-bond acceptors (Lipinski definition) is 4. The lowest BCUT2D eigenvalue weighted by Crippen LogP contribution is -2.44. The molecular weight excluding hydrogens is 311 g/mol. The second-order valence-corrected chi connectivity index (χ2v) is 6.10. The highest BCUT2D eigenvalue weighted by Crippen LogP contribution is 2.29.